The van der Waals surface area contributed by atoms with E-state index in [4.69, 9.17) is 4.74 Å². The highest BCUT2D eigenvalue weighted by Gasteiger charge is 2.36. The molecule has 3 heteroatoms. The van der Waals surface area contributed by atoms with Crippen molar-refractivity contribution < 1.29 is 9.53 Å². The Hall–Kier alpha value is -1.77. The number of amides is 1. The zero-order valence-electron chi connectivity index (χ0n) is 14.9. The van der Waals surface area contributed by atoms with E-state index in [0.29, 0.717) is 18.3 Å². The average molecular weight is 327 g/mol. The standard InChI is InChI=1S/C21H29NO2/c1-3-4-11-22(15-19-13-17-5-8-18(19)12-17)21(23)14-16-6-9-20(24-2)10-7-16/h5-10,17-19H,3-4,11-15H2,1-2H3. The van der Waals surface area contributed by atoms with Gasteiger partial charge in [-0.05, 0) is 54.7 Å². The summed E-state index contributed by atoms with van der Waals surface area (Å²) in [4.78, 5) is 15.0. The molecule has 0 radical (unpaired) electrons. The van der Waals surface area contributed by atoms with Crippen molar-refractivity contribution in [2.24, 2.45) is 17.8 Å². The second kappa shape index (κ2) is 7.87. The van der Waals surface area contributed by atoms with Gasteiger partial charge in [-0.25, -0.2) is 0 Å². The van der Waals surface area contributed by atoms with Crippen molar-refractivity contribution in [3.8, 4) is 5.75 Å². The van der Waals surface area contributed by atoms with Crippen LogP contribution in [0.3, 0.4) is 0 Å². The fraction of sp³-hybridized carbons (Fsp3) is 0.571. The van der Waals surface area contributed by atoms with E-state index in [1.54, 1.807) is 7.11 Å². The molecule has 130 valence electrons. The number of fused-ring (bicyclic) bond motifs is 2. The van der Waals surface area contributed by atoms with E-state index in [1.165, 1.54) is 12.8 Å². The molecule has 0 aromatic heterocycles. The largest absolute Gasteiger partial charge is 0.497 e. The summed E-state index contributed by atoms with van der Waals surface area (Å²) in [6, 6.07) is 7.85. The Morgan fingerprint density at radius 2 is 2.00 bits per heavy atom. The first kappa shape index (κ1) is 17.1. The third-order valence-electron chi connectivity index (χ3n) is 5.52. The minimum absolute atomic E-state index is 0.264. The molecule has 0 saturated heterocycles. The topological polar surface area (TPSA) is 29.5 Å². The highest BCUT2D eigenvalue weighted by molar-refractivity contribution is 5.78. The van der Waals surface area contributed by atoms with Crippen molar-refractivity contribution in [2.75, 3.05) is 20.2 Å². The molecule has 1 amide bonds. The van der Waals surface area contributed by atoms with Gasteiger partial charge in [0.1, 0.15) is 5.75 Å². The predicted molar refractivity (Wildman–Crippen MR) is 97.0 cm³/mol. The molecule has 0 N–H and O–H groups in total. The number of benzene rings is 1. The molecule has 0 spiro atoms. The summed E-state index contributed by atoms with van der Waals surface area (Å²) < 4.78 is 5.19. The minimum Gasteiger partial charge on any atom is -0.497 e. The predicted octanol–water partition coefficient (Wildman–Crippen LogP) is 4.08. The first-order chi connectivity index (χ1) is 11.7. The molecule has 3 nitrogen and oxygen atoms in total. The van der Waals surface area contributed by atoms with Crippen molar-refractivity contribution in [3.63, 3.8) is 0 Å². The van der Waals surface area contributed by atoms with Crippen molar-refractivity contribution in [1.82, 2.24) is 4.90 Å². The number of rotatable bonds is 8. The van der Waals surface area contributed by atoms with Gasteiger partial charge in [-0.3, -0.25) is 4.79 Å². The zero-order valence-corrected chi connectivity index (χ0v) is 14.9. The van der Waals surface area contributed by atoms with Crippen molar-refractivity contribution >= 4 is 5.91 Å². The van der Waals surface area contributed by atoms with Gasteiger partial charge >= 0.3 is 0 Å². The maximum atomic E-state index is 12.8. The van der Waals surface area contributed by atoms with Gasteiger partial charge in [0.25, 0.3) is 0 Å². The van der Waals surface area contributed by atoms with Gasteiger partial charge < -0.3 is 9.64 Å². The Balaban J connectivity index is 1.61. The maximum absolute atomic E-state index is 12.8. The van der Waals surface area contributed by atoms with Crippen LogP contribution in [0, 0.1) is 17.8 Å². The molecule has 2 bridgehead atoms. The van der Waals surface area contributed by atoms with Crippen molar-refractivity contribution in [1.29, 1.82) is 0 Å². The van der Waals surface area contributed by atoms with Crippen LogP contribution in [0.1, 0.15) is 38.2 Å². The Bertz CT molecular complexity index is 578. The second-order valence-electron chi connectivity index (χ2n) is 7.26. The number of hydrogen-bond acceptors (Lipinski definition) is 2. The third-order valence-corrected chi connectivity index (χ3v) is 5.52. The van der Waals surface area contributed by atoms with Gasteiger partial charge in [-0.15, -0.1) is 0 Å². The highest BCUT2D eigenvalue weighted by atomic mass is 16.5. The fourth-order valence-electron chi connectivity index (χ4n) is 4.08. The highest BCUT2D eigenvalue weighted by Crippen LogP contribution is 2.43. The monoisotopic (exact) mass is 327 g/mol. The second-order valence-corrected chi connectivity index (χ2v) is 7.26. The van der Waals surface area contributed by atoms with E-state index in [1.807, 2.05) is 24.3 Å². The molecule has 1 aromatic carbocycles. The summed E-state index contributed by atoms with van der Waals surface area (Å²) in [5.74, 6) is 3.23. The Morgan fingerprint density at radius 3 is 2.58 bits per heavy atom. The first-order valence-electron chi connectivity index (χ1n) is 9.28. The molecule has 2 aliphatic carbocycles. The maximum Gasteiger partial charge on any atom is 0.226 e. The van der Waals surface area contributed by atoms with E-state index < -0.39 is 0 Å². The average Bonchev–Trinajstić information content (AvgIpc) is 3.22. The van der Waals surface area contributed by atoms with Gasteiger partial charge in [-0.1, -0.05) is 37.6 Å². The zero-order chi connectivity index (χ0) is 16.9. The van der Waals surface area contributed by atoms with Gasteiger partial charge in [0.05, 0.1) is 13.5 Å². The Labute approximate surface area is 145 Å². The summed E-state index contributed by atoms with van der Waals surface area (Å²) in [6.45, 7) is 4.01. The number of unbranched alkanes of at least 4 members (excludes halogenated alkanes) is 1. The third kappa shape index (κ3) is 4.00. The van der Waals surface area contributed by atoms with Gasteiger partial charge in [0.15, 0.2) is 0 Å². The molecule has 2 aliphatic rings. The lowest BCUT2D eigenvalue weighted by atomic mass is 9.93. The Morgan fingerprint density at radius 1 is 1.21 bits per heavy atom. The van der Waals surface area contributed by atoms with Gasteiger partial charge in [-0.2, -0.15) is 0 Å². The molecule has 1 aromatic rings. The number of ether oxygens (including phenoxy) is 1. The molecule has 0 heterocycles. The SMILES string of the molecule is CCCCN(CC1CC2C=CC1C2)C(=O)Cc1ccc(OC)cc1. The van der Waals surface area contributed by atoms with Crippen LogP contribution in [0.25, 0.3) is 0 Å². The first-order valence-corrected chi connectivity index (χ1v) is 9.28. The van der Waals surface area contributed by atoms with E-state index in [2.05, 4.69) is 24.0 Å². The smallest absolute Gasteiger partial charge is 0.226 e. The summed E-state index contributed by atoms with van der Waals surface area (Å²) in [5, 5.41) is 0. The molecule has 0 aliphatic heterocycles. The van der Waals surface area contributed by atoms with Gasteiger partial charge in [0.2, 0.25) is 5.91 Å². The summed E-state index contributed by atoms with van der Waals surface area (Å²) in [5.41, 5.74) is 1.06. The molecule has 3 unspecified atom stereocenters. The lowest BCUT2D eigenvalue weighted by molar-refractivity contribution is -0.131. The number of allylic oxidation sites excluding steroid dienone is 2. The van der Waals surface area contributed by atoms with Crippen molar-refractivity contribution in [2.45, 2.75) is 39.0 Å². The van der Waals surface area contributed by atoms with Crippen LogP contribution in [0.2, 0.25) is 0 Å². The number of carbonyl (C=O) groups excluding carboxylic acids is 1. The van der Waals surface area contributed by atoms with Crippen LogP contribution >= 0.6 is 0 Å². The van der Waals surface area contributed by atoms with Crippen LogP contribution < -0.4 is 4.74 Å². The van der Waals surface area contributed by atoms with Crippen LogP contribution in [0.5, 0.6) is 5.75 Å². The van der Waals surface area contributed by atoms with E-state index >= 15 is 0 Å². The van der Waals surface area contributed by atoms with Crippen LogP contribution in [-0.4, -0.2) is 31.0 Å². The molecule has 1 saturated carbocycles. The van der Waals surface area contributed by atoms with Crippen LogP contribution in [-0.2, 0) is 11.2 Å². The molecular weight excluding hydrogens is 298 g/mol. The minimum atomic E-state index is 0.264. The van der Waals surface area contributed by atoms with Crippen LogP contribution in [0.4, 0.5) is 0 Å². The molecule has 3 atom stereocenters. The van der Waals surface area contributed by atoms with Crippen molar-refractivity contribution in [3.05, 3.63) is 42.0 Å². The number of nitrogens with zero attached hydrogens (tertiary/aromatic N) is 1. The number of hydrogen-bond donors (Lipinski definition) is 0. The summed E-state index contributed by atoms with van der Waals surface area (Å²) >= 11 is 0. The summed E-state index contributed by atoms with van der Waals surface area (Å²) in [6.07, 6.45) is 10.0. The van der Waals surface area contributed by atoms with Gasteiger partial charge in [0, 0.05) is 13.1 Å². The quantitative estimate of drug-likeness (QED) is 0.673. The fourth-order valence-corrected chi connectivity index (χ4v) is 4.08. The van der Waals surface area contributed by atoms with E-state index in [0.717, 1.165) is 43.2 Å². The molecule has 3 rings (SSSR count). The van der Waals surface area contributed by atoms with E-state index in [9.17, 15) is 4.79 Å². The molecule has 1 fully saturated rings. The lowest BCUT2D eigenvalue weighted by Crippen LogP contribution is -2.38. The normalized spacial score (nSPS) is 24.3. The Kier molecular flexibility index (Phi) is 5.60. The van der Waals surface area contributed by atoms with E-state index in [-0.39, 0.29) is 5.91 Å². The number of carbonyl (C=O) groups is 1. The molecule has 24 heavy (non-hydrogen) atoms. The molecular formula is C21H29NO2. The summed E-state index contributed by atoms with van der Waals surface area (Å²) in [7, 11) is 1.66. The lowest BCUT2D eigenvalue weighted by Gasteiger charge is -2.29. The van der Waals surface area contributed by atoms with Crippen LogP contribution in [0.15, 0.2) is 36.4 Å². The number of methoxy groups -OCH3 is 1.